The van der Waals surface area contributed by atoms with E-state index in [1.165, 1.54) is 24.8 Å². The van der Waals surface area contributed by atoms with E-state index in [2.05, 4.69) is 34.3 Å². The van der Waals surface area contributed by atoms with Crippen LogP contribution in [-0.4, -0.2) is 0 Å². The van der Waals surface area contributed by atoms with Crippen LogP contribution in [-0.2, 0) is 0 Å². The summed E-state index contributed by atoms with van der Waals surface area (Å²) in [5, 5.41) is 0. The van der Waals surface area contributed by atoms with E-state index in [1.54, 1.807) is 0 Å². The minimum atomic E-state index is 0.833. The second kappa shape index (κ2) is 5.40. The van der Waals surface area contributed by atoms with E-state index in [1.807, 2.05) is 0 Å². The Bertz CT molecular complexity index is 111. The third-order valence-electron chi connectivity index (χ3n) is 2.41. The highest BCUT2D eigenvalue weighted by Crippen LogP contribution is 2.21. The molecular weight excluding hydrogens is 132 g/mol. The van der Waals surface area contributed by atoms with Gasteiger partial charge in [0.2, 0.25) is 0 Å². The van der Waals surface area contributed by atoms with Gasteiger partial charge < -0.3 is 0 Å². The van der Waals surface area contributed by atoms with Gasteiger partial charge in [0, 0.05) is 0 Å². The minimum absolute atomic E-state index is 0.833. The van der Waals surface area contributed by atoms with Crippen molar-refractivity contribution in [2.45, 2.75) is 47.0 Å². The Morgan fingerprint density at radius 1 is 1.36 bits per heavy atom. The summed E-state index contributed by atoms with van der Waals surface area (Å²) in [6, 6.07) is 0. The summed E-state index contributed by atoms with van der Waals surface area (Å²) in [5.74, 6) is 1.73. The van der Waals surface area contributed by atoms with Gasteiger partial charge in [0.05, 0.1) is 0 Å². The average molecular weight is 154 g/mol. The van der Waals surface area contributed by atoms with Crippen molar-refractivity contribution in [1.29, 1.82) is 0 Å². The van der Waals surface area contributed by atoms with Crippen LogP contribution in [0.5, 0.6) is 0 Å². The Kier molecular flexibility index (Phi) is 5.27. The van der Waals surface area contributed by atoms with Crippen LogP contribution in [0.15, 0.2) is 12.2 Å². The van der Waals surface area contributed by atoms with Crippen LogP contribution in [0.1, 0.15) is 47.0 Å². The summed E-state index contributed by atoms with van der Waals surface area (Å²) in [5.41, 5.74) is 1.32. The van der Waals surface area contributed by atoms with Crippen molar-refractivity contribution in [2.24, 2.45) is 11.8 Å². The van der Waals surface area contributed by atoms with E-state index in [0.29, 0.717) is 0 Å². The molecule has 0 amide bonds. The molecule has 1 unspecified atom stereocenters. The summed E-state index contributed by atoms with van der Waals surface area (Å²) in [6.45, 7) is 12.9. The fourth-order valence-electron chi connectivity index (χ4n) is 1.44. The normalized spacial score (nSPS) is 13.5. The summed E-state index contributed by atoms with van der Waals surface area (Å²) in [4.78, 5) is 0. The van der Waals surface area contributed by atoms with Crippen LogP contribution >= 0.6 is 0 Å². The molecule has 66 valence electrons. The Morgan fingerprint density at radius 3 is 2.18 bits per heavy atom. The predicted molar refractivity (Wildman–Crippen MR) is 52.7 cm³/mol. The molecule has 0 aromatic heterocycles. The van der Waals surface area contributed by atoms with Gasteiger partial charge in [-0.2, -0.15) is 0 Å². The molecule has 0 N–H and O–H groups in total. The van der Waals surface area contributed by atoms with Gasteiger partial charge in [-0.05, 0) is 31.6 Å². The maximum atomic E-state index is 3.92. The van der Waals surface area contributed by atoms with E-state index < -0.39 is 0 Å². The van der Waals surface area contributed by atoms with Gasteiger partial charge in [0.25, 0.3) is 0 Å². The van der Waals surface area contributed by atoms with Gasteiger partial charge in [-0.25, -0.2) is 0 Å². The molecule has 0 heterocycles. The molecule has 0 aliphatic heterocycles. The molecule has 0 spiro atoms. The van der Waals surface area contributed by atoms with Gasteiger partial charge in [0.15, 0.2) is 0 Å². The second-order valence-electron chi connectivity index (χ2n) is 3.91. The van der Waals surface area contributed by atoms with Crippen molar-refractivity contribution < 1.29 is 0 Å². The summed E-state index contributed by atoms with van der Waals surface area (Å²) >= 11 is 0. The number of hydrogen-bond acceptors (Lipinski definition) is 0. The fraction of sp³-hybridized carbons (Fsp3) is 0.818. The maximum absolute atomic E-state index is 3.92. The van der Waals surface area contributed by atoms with Crippen molar-refractivity contribution in [1.82, 2.24) is 0 Å². The maximum Gasteiger partial charge on any atom is -0.0323 e. The molecular formula is C11H22. The van der Waals surface area contributed by atoms with E-state index in [4.69, 9.17) is 0 Å². The number of hydrogen-bond donors (Lipinski definition) is 0. The third-order valence-corrected chi connectivity index (χ3v) is 2.41. The first-order valence-electron chi connectivity index (χ1n) is 4.72. The zero-order valence-electron chi connectivity index (χ0n) is 8.48. The van der Waals surface area contributed by atoms with Gasteiger partial charge in [-0.15, -0.1) is 6.58 Å². The van der Waals surface area contributed by atoms with E-state index in [9.17, 15) is 0 Å². The Hall–Kier alpha value is -0.260. The van der Waals surface area contributed by atoms with Gasteiger partial charge in [0.1, 0.15) is 0 Å². The highest BCUT2D eigenvalue weighted by Gasteiger charge is 2.09. The molecule has 0 heteroatoms. The molecule has 0 saturated carbocycles. The van der Waals surface area contributed by atoms with Crippen LogP contribution in [0.3, 0.4) is 0 Å². The average Bonchev–Trinajstić information content (AvgIpc) is 1.87. The molecule has 0 aliphatic carbocycles. The molecule has 0 aromatic carbocycles. The molecule has 0 bridgehead atoms. The lowest BCUT2D eigenvalue weighted by atomic mass is 9.88. The predicted octanol–water partition coefficient (Wildman–Crippen LogP) is 4.02. The Morgan fingerprint density at radius 2 is 1.91 bits per heavy atom. The second-order valence-corrected chi connectivity index (χ2v) is 3.91. The molecule has 0 nitrogen and oxygen atoms in total. The van der Waals surface area contributed by atoms with Crippen LogP contribution in [0, 0.1) is 11.8 Å². The smallest absolute Gasteiger partial charge is 0.0323 e. The lowest BCUT2D eigenvalue weighted by Gasteiger charge is -2.18. The molecule has 0 rings (SSSR count). The first-order valence-corrected chi connectivity index (χ1v) is 4.72. The zero-order valence-corrected chi connectivity index (χ0v) is 8.48. The highest BCUT2D eigenvalue weighted by atomic mass is 14.1. The summed E-state index contributed by atoms with van der Waals surface area (Å²) in [7, 11) is 0. The Balaban J connectivity index is 3.61. The van der Waals surface area contributed by atoms with E-state index in [0.717, 1.165) is 11.8 Å². The van der Waals surface area contributed by atoms with Crippen LogP contribution in [0.4, 0.5) is 0 Å². The van der Waals surface area contributed by atoms with Crippen molar-refractivity contribution >= 4 is 0 Å². The van der Waals surface area contributed by atoms with Crippen molar-refractivity contribution in [2.75, 3.05) is 0 Å². The van der Waals surface area contributed by atoms with Crippen molar-refractivity contribution in [3.05, 3.63) is 12.2 Å². The van der Waals surface area contributed by atoms with E-state index in [-0.39, 0.29) is 0 Å². The fourth-order valence-corrected chi connectivity index (χ4v) is 1.44. The SMILES string of the molecule is C=C(C)CCC(CC)C(C)C. The largest absolute Gasteiger partial charge is 0.100 e. The molecule has 0 aliphatic rings. The van der Waals surface area contributed by atoms with Crippen molar-refractivity contribution in [3.63, 3.8) is 0 Å². The first-order chi connectivity index (χ1) is 5.07. The first kappa shape index (κ1) is 10.7. The molecule has 0 radical (unpaired) electrons. The third kappa shape index (κ3) is 5.06. The standard InChI is InChI=1S/C11H22/c1-6-11(10(4)5)8-7-9(2)3/h10-11H,2,6-8H2,1,3-5H3. The monoisotopic (exact) mass is 154 g/mol. The quantitative estimate of drug-likeness (QED) is 0.524. The van der Waals surface area contributed by atoms with Crippen LogP contribution < -0.4 is 0 Å². The lowest BCUT2D eigenvalue weighted by Crippen LogP contribution is -2.07. The number of rotatable bonds is 5. The molecule has 0 saturated heterocycles. The topological polar surface area (TPSA) is 0 Å². The zero-order chi connectivity index (χ0) is 8.85. The van der Waals surface area contributed by atoms with Crippen molar-refractivity contribution in [3.8, 4) is 0 Å². The van der Waals surface area contributed by atoms with Crippen LogP contribution in [0.2, 0.25) is 0 Å². The Labute approximate surface area is 71.7 Å². The van der Waals surface area contributed by atoms with Gasteiger partial charge in [-0.3, -0.25) is 0 Å². The minimum Gasteiger partial charge on any atom is -0.100 e. The highest BCUT2D eigenvalue weighted by molar-refractivity contribution is 4.88. The molecule has 11 heavy (non-hydrogen) atoms. The molecule has 1 atom stereocenters. The molecule has 0 fully saturated rings. The van der Waals surface area contributed by atoms with Gasteiger partial charge in [-0.1, -0.05) is 32.8 Å². The van der Waals surface area contributed by atoms with Gasteiger partial charge >= 0.3 is 0 Å². The molecule has 0 aromatic rings. The van der Waals surface area contributed by atoms with E-state index >= 15 is 0 Å². The summed E-state index contributed by atoms with van der Waals surface area (Å²) < 4.78 is 0. The number of allylic oxidation sites excluding steroid dienone is 1. The lowest BCUT2D eigenvalue weighted by molar-refractivity contribution is 0.349. The summed E-state index contributed by atoms with van der Waals surface area (Å²) in [6.07, 6.45) is 3.84. The van der Waals surface area contributed by atoms with Crippen LogP contribution in [0.25, 0.3) is 0 Å².